The predicted octanol–water partition coefficient (Wildman–Crippen LogP) is 3.97. The zero-order chi connectivity index (χ0) is 19.0. The molecule has 1 aliphatic rings. The number of nitro groups is 2. The second-order valence-corrected chi connectivity index (χ2v) is 6.36. The van der Waals surface area contributed by atoms with Crippen LogP contribution in [0.25, 0.3) is 0 Å². The highest BCUT2D eigenvalue weighted by Gasteiger charge is 2.31. The minimum absolute atomic E-state index is 0.0183. The van der Waals surface area contributed by atoms with E-state index in [9.17, 15) is 25.0 Å². The minimum atomic E-state index is -0.727. The fraction of sp³-hybridized carbons (Fsp3) is 0.278. The summed E-state index contributed by atoms with van der Waals surface area (Å²) in [5.41, 5.74) is 0.969. The highest BCUT2D eigenvalue weighted by Crippen LogP contribution is 2.37. The molecular weight excluding hydrogens is 338 g/mol. The molecule has 0 bridgehead atoms. The molecular formula is C18H17N3O5. The third-order valence-corrected chi connectivity index (χ3v) is 4.79. The zero-order valence-corrected chi connectivity index (χ0v) is 14.3. The van der Waals surface area contributed by atoms with E-state index in [1.54, 1.807) is 4.90 Å². The topological polar surface area (TPSA) is 107 Å². The van der Waals surface area contributed by atoms with Gasteiger partial charge < -0.3 is 4.90 Å². The Morgan fingerprint density at radius 3 is 2.50 bits per heavy atom. The van der Waals surface area contributed by atoms with Gasteiger partial charge in [-0.2, -0.15) is 0 Å². The Kier molecular flexibility index (Phi) is 4.41. The molecule has 0 aromatic heterocycles. The number of fused-ring (bicyclic) bond motifs is 1. The van der Waals surface area contributed by atoms with Crippen molar-refractivity contribution >= 4 is 23.0 Å². The Morgan fingerprint density at radius 1 is 1.15 bits per heavy atom. The van der Waals surface area contributed by atoms with E-state index in [0.29, 0.717) is 6.54 Å². The molecule has 0 aliphatic carbocycles. The first kappa shape index (κ1) is 17.5. The molecule has 0 saturated heterocycles. The van der Waals surface area contributed by atoms with Crippen molar-refractivity contribution in [2.24, 2.45) is 0 Å². The van der Waals surface area contributed by atoms with Crippen molar-refractivity contribution in [2.75, 3.05) is 11.4 Å². The van der Waals surface area contributed by atoms with Gasteiger partial charge in [-0.15, -0.1) is 0 Å². The number of hydrogen-bond donors (Lipinski definition) is 0. The third-order valence-electron chi connectivity index (χ3n) is 4.79. The Labute approximate surface area is 149 Å². The van der Waals surface area contributed by atoms with Crippen LogP contribution < -0.4 is 4.90 Å². The van der Waals surface area contributed by atoms with E-state index in [4.69, 9.17) is 0 Å². The van der Waals surface area contributed by atoms with Crippen LogP contribution in [0, 0.1) is 27.2 Å². The standard InChI is InChI=1S/C18H17N3O5/c1-11-7-8-19(16-6-4-3-5-14(11)16)18(22)15-9-13(20(23)24)10-17(12(15)2)21(25)26/h3-6,9-11H,7-8H2,1-2H3. The van der Waals surface area contributed by atoms with Crippen molar-refractivity contribution in [3.05, 3.63) is 73.3 Å². The van der Waals surface area contributed by atoms with E-state index in [0.717, 1.165) is 29.8 Å². The summed E-state index contributed by atoms with van der Waals surface area (Å²) in [5, 5.41) is 22.4. The number of nitro benzene ring substituents is 2. The third kappa shape index (κ3) is 2.90. The summed E-state index contributed by atoms with van der Waals surface area (Å²) in [4.78, 5) is 35.6. The normalized spacial score (nSPS) is 16.1. The van der Waals surface area contributed by atoms with Crippen LogP contribution in [0.5, 0.6) is 0 Å². The van der Waals surface area contributed by atoms with E-state index in [-0.39, 0.29) is 17.0 Å². The van der Waals surface area contributed by atoms with Crippen LogP contribution in [0.4, 0.5) is 17.1 Å². The van der Waals surface area contributed by atoms with Crippen molar-refractivity contribution in [3.8, 4) is 0 Å². The lowest BCUT2D eigenvalue weighted by molar-refractivity contribution is -0.394. The summed E-state index contributed by atoms with van der Waals surface area (Å²) in [5.74, 6) is -0.176. The fourth-order valence-corrected chi connectivity index (χ4v) is 3.31. The summed E-state index contributed by atoms with van der Waals surface area (Å²) in [6.07, 6.45) is 0.749. The Morgan fingerprint density at radius 2 is 1.85 bits per heavy atom. The Bertz CT molecular complexity index is 925. The maximum Gasteiger partial charge on any atom is 0.279 e. The lowest BCUT2D eigenvalue weighted by Crippen LogP contribution is -2.36. The molecule has 3 rings (SSSR count). The van der Waals surface area contributed by atoms with Crippen molar-refractivity contribution < 1.29 is 14.6 Å². The first-order valence-electron chi connectivity index (χ1n) is 8.15. The molecule has 134 valence electrons. The van der Waals surface area contributed by atoms with Gasteiger partial charge in [-0.05, 0) is 30.9 Å². The second kappa shape index (κ2) is 6.55. The average molecular weight is 355 g/mol. The monoisotopic (exact) mass is 355 g/mol. The maximum absolute atomic E-state index is 13.1. The molecule has 1 heterocycles. The lowest BCUT2D eigenvalue weighted by Gasteiger charge is -2.33. The zero-order valence-electron chi connectivity index (χ0n) is 14.3. The van der Waals surface area contributed by atoms with Gasteiger partial charge in [0, 0.05) is 23.9 Å². The molecule has 2 aromatic rings. The molecule has 8 heteroatoms. The number of non-ortho nitro benzene ring substituents is 1. The molecule has 0 radical (unpaired) electrons. The van der Waals surface area contributed by atoms with Gasteiger partial charge in [-0.1, -0.05) is 25.1 Å². The van der Waals surface area contributed by atoms with Crippen LogP contribution >= 0.6 is 0 Å². The molecule has 0 fully saturated rings. The van der Waals surface area contributed by atoms with Crippen LogP contribution in [0.2, 0.25) is 0 Å². The molecule has 2 aromatic carbocycles. The fourth-order valence-electron chi connectivity index (χ4n) is 3.31. The second-order valence-electron chi connectivity index (χ2n) is 6.36. The van der Waals surface area contributed by atoms with E-state index in [1.807, 2.05) is 24.3 Å². The molecule has 1 amide bonds. The van der Waals surface area contributed by atoms with E-state index < -0.39 is 27.1 Å². The molecule has 0 spiro atoms. The van der Waals surface area contributed by atoms with Crippen molar-refractivity contribution in [1.82, 2.24) is 0 Å². The van der Waals surface area contributed by atoms with Crippen LogP contribution in [0.3, 0.4) is 0 Å². The summed E-state index contributed by atoms with van der Waals surface area (Å²) < 4.78 is 0. The van der Waals surface area contributed by atoms with Crippen LogP contribution in [-0.2, 0) is 0 Å². The van der Waals surface area contributed by atoms with Crippen LogP contribution in [-0.4, -0.2) is 22.3 Å². The predicted molar refractivity (Wildman–Crippen MR) is 95.6 cm³/mol. The van der Waals surface area contributed by atoms with Crippen molar-refractivity contribution in [3.63, 3.8) is 0 Å². The van der Waals surface area contributed by atoms with Gasteiger partial charge in [0.2, 0.25) is 0 Å². The molecule has 0 N–H and O–H groups in total. The first-order valence-corrected chi connectivity index (χ1v) is 8.15. The van der Waals surface area contributed by atoms with E-state index in [2.05, 4.69) is 6.92 Å². The number of carbonyl (C=O) groups excluding carboxylic acids is 1. The van der Waals surface area contributed by atoms with E-state index >= 15 is 0 Å². The molecule has 1 aliphatic heterocycles. The lowest BCUT2D eigenvalue weighted by atomic mass is 9.91. The number of hydrogen-bond acceptors (Lipinski definition) is 5. The van der Waals surface area contributed by atoms with E-state index in [1.165, 1.54) is 6.92 Å². The number of amides is 1. The van der Waals surface area contributed by atoms with Crippen LogP contribution in [0.1, 0.15) is 40.7 Å². The summed E-state index contributed by atoms with van der Waals surface area (Å²) in [7, 11) is 0. The van der Waals surface area contributed by atoms with Gasteiger partial charge in [0.05, 0.1) is 21.5 Å². The number of nitrogens with zero attached hydrogens (tertiary/aromatic N) is 3. The minimum Gasteiger partial charge on any atom is -0.308 e. The molecule has 1 unspecified atom stereocenters. The maximum atomic E-state index is 13.1. The summed E-state index contributed by atoms with van der Waals surface area (Å²) in [6, 6.07) is 9.49. The summed E-state index contributed by atoms with van der Waals surface area (Å²) >= 11 is 0. The van der Waals surface area contributed by atoms with Gasteiger partial charge in [-0.25, -0.2) is 0 Å². The average Bonchev–Trinajstić information content (AvgIpc) is 2.61. The molecule has 8 nitrogen and oxygen atoms in total. The number of rotatable bonds is 3. The van der Waals surface area contributed by atoms with Gasteiger partial charge >= 0.3 is 0 Å². The molecule has 0 saturated carbocycles. The highest BCUT2D eigenvalue weighted by atomic mass is 16.6. The molecule has 1 atom stereocenters. The SMILES string of the molecule is Cc1c(C(=O)N2CCC(C)c3ccccc32)cc([N+](=O)[O-])cc1[N+](=O)[O-]. The molecule has 26 heavy (non-hydrogen) atoms. The number of benzene rings is 2. The Hall–Kier alpha value is -3.29. The Balaban J connectivity index is 2.13. The number of para-hydroxylation sites is 1. The number of anilines is 1. The van der Waals surface area contributed by atoms with Gasteiger partial charge in [0.1, 0.15) is 0 Å². The summed E-state index contributed by atoms with van der Waals surface area (Å²) in [6.45, 7) is 3.96. The quantitative estimate of drug-likeness (QED) is 0.612. The van der Waals surface area contributed by atoms with Gasteiger partial charge in [-0.3, -0.25) is 25.0 Å². The van der Waals surface area contributed by atoms with Crippen molar-refractivity contribution in [2.45, 2.75) is 26.2 Å². The highest BCUT2D eigenvalue weighted by molar-refractivity contribution is 6.08. The van der Waals surface area contributed by atoms with Crippen LogP contribution in [0.15, 0.2) is 36.4 Å². The largest absolute Gasteiger partial charge is 0.308 e. The van der Waals surface area contributed by atoms with Crippen molar-refractivity contribution in [1.29, 1.82) is 0 Å². The number of carbonyl (C=O) groups is 1. The first-order chi connectivity index (χ1) is 12.3. The van der Waals surface area contributed by atoms with Gasteiger partial charge in [0.15, 0.2) is 0 Å². The smallest absolute Gasteiger partial charge is 0.279 e. The van der Waals surface area contributed by atoms with Gasteiger partial charge in [0.25, 0.3) is 17.3 Å².